The van der Waals surface area contributed by atoms with Crippen LogP contribution in [-0.2, 0) is 0 Å². The molecule has 1 aromatic rings. The average Bonchev–Trinajstić information content (AvgIpc) is 2.37. The Labute approximate surface area is 118 Å². The van der Waals surface area contributed by atoms with Crippen molar-refractivity contribution in [3.63, 3.8) is 0 Å². The monoisotopic (exact) mass is 279 g/mol. The third kappa shape index (κ3) is 4.55. The van der Waals surface area contributed by atoms with Crippen LogP contribution in [-0.4, -0.2) is 48.7 Å². The van der Waals surface area contributed by atoms with E-state index >= 15 is 0 Å². The summed E-state index contributed by atoms with van der Waals surface area (Å²) in [5, 5.41) is 14.4. The molecule has 1 aromatic carbocycles. The minimum absolute atomic E-state index is 0.0841. The molecule has 1 rings (SSSR count). The van der Waals surface area contributed by atoms with E-state index in [1.807, 2.05) is 25.9 Å². The molecule has 6 heteroatoms. The molecule has 0 fully saturated rings. The predicted octanol–water partition coefficient (Wildman–Crippen LogP) is 1.76. The molecule has 1 atom stereocenters. The van der Waals surface area contributed by atoms with Crippen LogP contribution in [0.3, 0.4) is 0 Å². The fourth-order valence-electron chi connectivity index (χ4n) is 1.53. The van der Waals surface area contributed by atoms with Gasteiger partial charge in [-0.05, 0) is 40.1 Å². The molecule has 0 saturated heterocycles. The molecule has 0 aliphatic rings. The van der Waals surface area contributed by atoms with Gasteiger partial charge in [0.05, 0.1) is 11.3 Å². The van der Waals surface area contributed by atoms with Crippen LogP contribution in [0, 0.1) is 6.92 Å². The van der Waals surface area contributed by atoms with Gasteiger partial charge in [0.25, 0.3) is 0 Å². The van der Waals surface area contributed by atoms with Gasteiger partial charge in [0.2, 0.25) is 0 Å². The number of aryl methyl sites for hydroxylation is 1. The summed E-state index contributed by atoms with van der Waals surface area (Å²) in [6.45, 7) is 4.26. The molecule has 110 valence electrons. The Morgan fingerprint density at radius 3 is 2.55 bits per heavy atom. The molecule has 6 nitrogen and oxygen atoms in total. The Bertz CT molecular complexity index is 500. The summed E-state index contributed by atoms with van der Waals surface area (Å²) in [6.07, 6.45) is 0. The van der Waals surface area contributed by atoms with Crippen LogP contribution < -0.4 is 10.6 Å². The summed E-state index contributed by atoms with van der Waals surface area (Å²) in [4.78, 5) is 24.9. The number of benzene rings is 1. The van der Waals surface area contributed by atoms with E-state index in [-0.39, 0.29) is 17.3 Å². The van der Waals surface area contributed by atoms with Crippen molar-refractivity contribution in [1.29, 1.82) is 0 Å². The number of carbonyl (C=O) groups excluding carboxylic acids is 1. The van der Waals surface area contributed by atoms with Gasteiger partial charge in [0.15, 0.2) is 0 Å². The van der Waals surface area contributed by atoms with Gasteiger partial charge in [-0.2, -0.15) is 0 Å². The quantitative estimate of drug-likeness (QED) is 0.767. The summed E-state index contributed by atoms with van der Waals surface area (Å²) in [6, 6.07) is 4.65. The number of nitrogens with one attached hydrogen (secondary N) is 2. The van der Waals surface area contributed by atoms with E-state index in [0.717, 1.165) is 5.56 Å². The minimum Gasteiger partial charge on any atom is -0.478 e. The van der Waals surface area contributed by atoms with Crippen LogP contribution in [0.15, 0.2) is 18.2 Å². The molecule has 0 aliphatic carbocycles. The number of aromatic carboxylic acids is 1. The molecule has 20 heavy (non-hydrogen) atoms. The van der Waals surface area contributed by atoms with Gasteiger partial charge in [0, 0.05) is 12.6 Å². The van der Waals surface area contributed by atoms with Crippen LogP contribution in [0.2, 0.25) is 0 Å². The van der Waals surface area contributed by atoms with Crippen molar-refractivity contribution < 1.29 is 14.7 Å². The summed E-state index contributed by atoms with van der Waals surface area (Å²) in [5.74, 6) is -1.06. The molecular weight excluding hydrogens is 258 g/mol. The van der Waals surface area contributed by atoms with Gasteiger partial charge in [-0.25, -0.2) is 9.59 Å². The Balaban J connectivity index is 2.69. The first-order valence-corrected chi connectivity index (χ1v) is 6.36. The number of amides is 2. The number of hydrogen-bond donors (Lipinski definition) is 3. The highest BCUT2D eigenvalue weighted by Crippen LogP contribution is 2.17. The first-order valence-electron chi connectivity index (χ1n) is 6.36. The van der Waals surface area contributed by atoms with Crippen molar-refractivity contribution >= 4 is 17.7 Å². The number of carbonyl (C=O) groups is 2. The van der Waals surface area contributed by atoms with Gasteiger partial charge in [0.1, 0.15) is 0 Å². The molecule has 0 aromatic heterocycles. The number of nitrogens with zero attached hydrogens (tertiary/aromatic N) is 1. The lowest BCUT2D eigenvalue weighted by atomic mass is 10.1. The second-order valence-electron chi connectivity index (χ2n) is 5.00. The van der Waals surface area contributed by atoms with Crippen molar-refractivity contribution in [3.05, 3.63) is 29.3 Å². The fourth-order valence-corrected chi connectivity index (χ4v) is 1.53. The van der Waals surface area contributed by atoms with E-state index in [4.69, 9.17) is 5.11 Å². The van der Waals surface area contributed by atoms with Gasteiger partial charge in [-0.15, -0.1) is 0 Å². The van der Waals surface area contributed by atoms with Gasteiger partial charge in [-0.3, -0.25) is 0 Å². The summed E-state index contributed by atoms with van der Waals surface area (Å²) in [5.41, 5.74) is 1.20. The van der Waals surface area contributed by atoms with Crippen LogP contribution in [0.4, 0.5) is 10.5 Å². The van der Waals surface area contributed by atoms with Crippen molar-refractivity contribution in [1.82, 2.24) is 10.2 Å². The highest BCUT2D eigenvalue weighted by molar-refractivity contribution is 6.00. The third-order valence-electron chi connectivity index (χ3n) is 3.09. The van der Waals surface area contributed by atoms with Gasteiger partial charge < -0.3 is 20.6 Å². The largest absolute Gasteiger partial charge is 0.478 e. The van der Waals surface area contributed by atoms with Gasteiger partial charge >= 0.3 is 12.0 Å². The van der Waals surface area contributed by atoms with Crippen molar-refractivity contribution in [2.75, 3.05) is 26.0 Å². The molecule has 2 amide bonds. The Morgan fingerprint density at radius 2 is 2.00 bits per heavy atom. The number of carboxylic acids is 1. The Kier molecular flexibility index (Phi) is 5.52. The smallest absolute Gasteiger partial charge is 0.337 e. The zero-order chi connectivity index (χ0) is 15.3. The lowest BCUT2D eigenvalue weighted by Gasteiger charge is -2.20. The number of carboxylic acid groups (broad SMARTS) is 1. The lowest BCUT2D eigenvalue weighted by molar-refractivity contribution is 0.0698. The number of rotatable bonds is 5. The molecule has 0 spiro atoms. The normalized spacial score (nSPS) is 12.1. The van der Waals surface area contributed by atoms with Crippen LogP contribution >= 0.6 is 0 Å². The molecule has 0 aliphatic heterocycles. The van der Waals surface area contributed by atoms with E-state index in [9.17, 15) is 9.59 Å². The van der Waals surface area contributed by atoms with Crippen molar-refractivity contribution in [2.24, 2.45) is 0 Å². The minimum atomic E-state index is -1.06. The third-order valence-corrected chi connectivity index (χ3v) is 3.09. The van der Waals surface area contributed by atoms with E-state index in [1.54, 1.807) is 19.1 Å². The number of urea groups is 1. The van der Waals surface area contributed by atoms with E-state index < -0.39 is 12.0 Å². The lowest BCUT2D eigenvalue weighted by Crippen LogP contribution is -2.40. The zero-order valence-electron chi connectivity index (χ0n) is 12.2. The topological polar surface area (TPSA) is 81.7 Å². The molecular formula is C14H21N3O3. The number of hydrogen-bond acceptors (Lipinski definition) is 3. The average molecular weight is 279 g/mol. The number of likely N-dealkylation sites (N-methyl/N-ethyl adjacent to an activating group) is 1. The second kappa shape index (κ2) is 6.91. The SMILES string of the molecule is Cc1ccc(NC(=O)NCC(C)N(C)C)c(C(=O)O)c1. The maximum Gasteiger partial charge on any atom is 0.337 e. The van der Waals surface area contributed by atoms with Crippen LogP contribution in [0.1, 0.15) is 22.8 Å². The first kappa shape index (κ1) is 16.0. The zero-order valence-corrected chi connectivity index (χ0v) is 12.2. The Hall–Kier alpha value is -2.08. The first-order chi connectivity index (χ1) is 9.31. The highest BCUT2D eigenvalue weighted by atomic mass is 16.4. The molecule has 0 bridgehead atoms. The molecule has 0 radical (unpaired) electrons. The summed E-state index contributed by atoms with van der Waals surface area (Å²) >= 11 is 0. The van der Waals surface area contributed by atoms with E-state index in [2.05, 4.69) is 10.6 Å². The molecule has 3 N–H and O–H groups in total. The van der Waals surface area contributed by atoms with E-state index in [0.29, 0.717) is 6.54 Å². The fraction of sp³-hybridized carbons (Fsp3) is 0.429. The van der Waals surface area contributed by atoms with Crippen molar-refractivity contribution in [3.8, 4) is 0 Å². The number of anilines is 1. The summed E-state index contributed by atoms with van der Waals surface area (Å²) < 4.78 is 0. The van der Waals surface area contributed by atoms with Crippen LogP contribution in [0.5, 0.6) is 0 Å². The van der Waals surface area contributed by atoms with Crippen molar-refractivity contribution in [2.45, 2.75) is 19.9 Å². The Morgan fingerprint density at radius 1 is 1.35 bits per heavy atom. The van der Waals surface area contributed by atoms with Crippen LogP contribution in [0.25, 0.3) is 0 Å². The second-order valence-corrected chi connectivity index (χ2v) is 5.00. The summed E-state index contributed by atoms with van der Waals surface area (Å²) in [7, 11) is 3.85. The maximum absolute atomic E-state index is 11.8. The van der Waals surface area contributed by atoms with Gasteiger partial charge in [-0.1, -0.05) is 11.6 Å². The standard InChI is InChI=1S/C14H21N3O3/c1-9-5-6-12(11(7-9)13(18)19)16-14(20)15-8-10(2)17(3)4/h5-7,10H,8H2,1-4H3,(H,18,19)(H2,15,16,20). The molecule has 1 unspecified atom stereocenters. The molecule has 0 saturated carbocycles. The van der Waals surface area contributed by atoms with E-state index in [1.165, 1.54) is 6.07 Å². The molecule has 0 heterocycles. The predicted molar refractivity (Wildman–Crippen MR) is 78.3 cm³/mol. The maximum atomic E-state index is 11.8. The highest BCUT2D eigenvalue weighted by Gasteiger charge is 2.13.